The number of esters is 1. The zero-order valence-electron chi connectivity index (χ0n) is 26.5. The summed E-state index contributed by atoms with van der Waals surface area (Å²) in [6.45, 7) is 7.02. The highest BCUT2D eigenvalue weighted by atomic mass is 19.4. The van der Waals surface area contributed by atoms with Crippen molar-refractivity contribution >= 4 is 17.8 Å². The van der Waals surface area contributed by atoms with Crippen molar-refractivity contribution < 1.29 is 54.6 Å². The molecule has 0 radical (unpaired) electrons. The first kappa shape index (κ1) is 37.8. The predicted octanol–water partition coefficient (Wildman–Crippen LogP) is 8.26. The van der Waals surface area contributed by atoms with Crippen LogP contribution in [0.5, 0.6) is 5.75 Å². The predicted molar refractivity (Wildman–Crippen MR) is 162 cm³/mol. The second-order valence-electron chi connectivity index (χ2n) is 11.9. The molecule has 0 saturated heterocycles. The number of carbonyl (C=O) groups excluding carboxylic acids is 3. The largest absolute Gasteiger partial charge is 0.573 e. The Balaban J connectivity index is 1.90. The third-order valence-electron chi connectivity index (χ3n) is 6.94. The minimum absolute atomic E-state index is 0.0244. The number of alkyl halides is 6. The third kappa shape index (κ3) is 11.3. The molecule has 0 aliphatic carbocycles. The highest BCUT2D eigenvalue weighted by molar-refractivity contribution is 5.95. The summed E-state index contributed by atoms with van der Waals surface area (Å²) in [5, 5.41) is 5.27. The first-order valence-corrected chi connectivity index (χ1v) is 14.9. The molecule has 2 unspecified atom stereocenters. The van der Waals surface area contributed by atoms with Gasteiger partial charge in [-0.25, -0.2) is 4.39 Å². The van der Waals surface area contributed by atoms with Gasteiger partial charge in [-0.05, 0) is 80.8 Å². The maximum Gasteiger partial charge on any atom is 0.573 e. The highest BCUT2D eigenvalue weighted by Crippen LogP contribution is 2.37. The summed E-state index contributed by atoms with van der Waals surface area (Å²) in [5.41, 5.74) is -1.48. The van der Waals surface area contributed by atoms with Gasteiger partial charge in [0.15, 0.2) is 0 Å². The Morgan fingerprint density at radius 1 is 0.812 bits per heavy atom. The monoisotopic (exact) mass is 684 g/mol. The van der Waals surface area contributed by atoms with Gasteiger partial charge in [0.1, 0.15) is 17.2 Å². The summed E-state index contributed by atoms with van der Waals surface area (Å²) < 4.78 is 101. The summed E-state index contributed by atoms with van der Waals surface area (Å²) in [4.78, 5) is 37.9. The van der Waals surface area contributed by atoms with Crippen molar-refractivity contribution in [2.75, 3.05) is 6.54 Å². The van der Waals surface area contributed by atoms with Crippen LogP contribution in [0.4, 0.5) is 30.7 Å². The van der Waals surface area contributed by atoms with E-state index in [9.17, 15) is 45.1 Å². The Morgan fingerprint density at radius 2 is 1.42 bits per heavy atom. The number of benzene rings is 3. The van der Waals surface area contributed by atoms with E-state index in [2.05, 4.69) is 15.4 Å². The average molecular weight is 685 g/mol. The molecule has 3 rings (SSSR count). The van der Waals surface area contributed by atoms with Crippen molar-refractivity contribution in [1.82, 2.24) is 10.6 Å². The number of amides is 2. The van der Waals surface area contributed by atoms with Gasteiger partial charge in [-0.1, -0.05) is 37.6 Å². The van der Waals surface area contributed by atoms with Gasteiger partial charge in [0.05, 0.1) is 23.6 Å². The van der Waals surface area contributed by atoms with Gasteiger partial charge in [-0.2, -0.15) is 13.2 Å². The van der Waals surface area contributed by atoms with Gasteiger partial charge < -0.3 is 20.1 Å². The van der Waals surface area contributed by atoms with Crippen LogP contribution in [0.1, 0.15) is 96.3 Å². The second-order valence-corrected chi connectivity index (χ2v) is 11.9. The van der Waals surface area contributed by atoms with Crippen LogP contribution < -0.4 is 15.4 Å². The van der Waals surface area contributed by atoms with Crippen molar-refractivity contribution in [1.29, 1.82) is 0 Å². The number of ether oxygens (including phenoxy) is 2. The van der Waals surface area contributed by atoms with Crippen molar-refractivity contribution in [3.63, 3.8) is 0 Å². The number of halogens is 7. The van der Waals surface area contributed by atoms with Crippen LogP contribution in [0.15, 0.2) is 66.7 Å². The Morgan fingerprint density at radius 3 is 1.94 bits per heavy atom. The van der Waals surface area contributed by atoms with Crippen molar-refractivity contribution in [2.45, 2.75) is 77.1 Å². The molecule has 0 aliphatic heterocycles. The zero-order valence-corrected chi connectivity index (χ0v) is 26.5. The molecule has 0 aliphatic rings. The molecule has 0 saturated carbocycles. The quantitative estimate of drug-likeness (QED) is 0.148. The van der Waals surface area contributed by atoms with Gasteiger partial charge in [0.25, 0.3) is 11.8 Å². The maximum atomic E-state index is 14.7. The summed E-state index contributed by atoms with van der Waals surface area (Å²) >= 11 is 0. The Hall–Kier alpha value is -4.62. The molecule has 14 heteroatoms. The van der Waals surface area contributed by atoms with E-state index in [-0.39, 0.29) is 24.6 Å². The van der Waals surface area contributed by atoms with Crippen molar-refractivity contribution in [3.05, 3.63) is 100 Å². The zero-order chi connectivity index (χ0) is 35.9. The molecule has 0 aromatic heterocycles. The molecular formula is C34H35F7N2O5. The van der Waals surface area contributed by atoms with Crippen molar-refractivity contribution in [2.24, 2.45) is 0 Å². The first-order chi connectivity index (χ1) is 22.3. The van der Waals surface area contributed by atoms with Gasteiger partial charge in [-0.3, -0.25) is 14.4 Å². The highest BCUT2D eigenvalue weighted by Gasteiger charge is 2.34. The van der Waals surface area contributed by atoms with Gasteiger partial charge in [-0.15, -0.1) is 13.2 Å². The first-order valence-electron chi connectivity index (χ1n) is 14.9. The second kappa shape index (κ2) is 15.5. The number of hydrogen-bond donors (Lipinski definition) is 2. The molecule has 260 valence electrons. The molecule has 3 aromatic rings. The topological polar surface area (TPSA) is 93.7 Å². The molecule has 3 aromatic carbocycles. The fourth-order valence-corrected chi connectivity index (χ4v) is 4.88. The van der Waals surface area contributed by atoms with E-state index in [1.807, 2.05) is 6.92 Å². The number of nitrogens with one attached hydrogen (secondary N) is 2. The van der Waals surface area contributed by atoms with Crippen LogP contribution in [-0.4, -0.2) is 36.3 Å². The molecular weight excluding hydrogens is 649 g/mol. The van der Waals surface area contributed by atoms with Crippen LogP contribution in [0.2, 0.25) is 0 Å². The molecule has 0 heterocycles. The van der Waals surface area contributed by atoms with E-state index in [4.69, 9.17) is 4.74 Å². The Kier molecular flexibility index (Phi) is 12.2. The van der Waals surface area contributed by atoms with E-state index in [0.29, 0.717) is 36.1 Å². The Bertz CT molecular complexity index is 1570. The lowest BCUT2D eigenvalue weighted by molar-refractivity contribution is -0.274. The van der Waals surface area contributed by atoms with Gasteiger partial charge in [0.2, 0.25) is 0 Å². The van der Waals surface area contributed by atoms with E-state index in [1.54, 1.807) is 32.9 Å². The number of hydrogen-bond acceptors (Lipinski definition) is 5. The van der Waals surface area contributed by atoms with Crippen LogP contribution in [-0.2, 0) is 15.7 Å². The summed E-state index contributed by atoms with van der Waals surface area (Å²) in [6.07, 6.45) is -8.90. The standard InChI is InChI=1S/C34H35F7N2O5/c1-5-6-25(20-7-9-22(10-8-20)30(45)42-18-17-28(44)48-32(2,3)4)29(21-11-14-24(15-12-21)47-34(39,40)41)43-31(46)26-16-13-23(19-27(26)35)33(36,37)38/h7-16,19,25,29H,5-6,17-18H2,1-4H3,(H,42,45)(H,43,46). The maximum absolute atomic E-state index is 14.7. The summed E-state index contributed by atoms with van der Waals surface area (Å²) in [7, 11) is 0. The lowest BCUT2D eigenvalue weighted by atomic mass is 9.83. The molecule has 7 nitrogen and oxygen atoms in total. The number of carbonyl (C=O) groups is 3. The fraction of sp³-hybridized carbons (Fsp3) is 0.382. The fourth-order valence-electron chi connectivity index (χ4n) is 4.88. The van der Waals surface area contributed by atoms with E-state index in [0.717, 1.165) is 12.1 Å². The van der Waals surface area contributed by atoms with Gasteiger partial charge >= 0.3 is 18.5 Å². The minimum atomic E-state index is -4.95. The lowest BCUT2D eigenvalue weighted by Gasteiger charge is -2.29. The van der Waals surface area contributed by atoms with E-state index in [1.165, 1.54) is 24.3 Å². The minimum Gasteiger partial charge on any atom is -0.460 e. The lowest BCUT2D eigenvalue weighted by Crippen LogP contribution is -2.33. The molecule has 0 bridgehead atoms. The molecule has 48 heavy (non-hydrogen) atoms. The summed E-state index contributed by atoms with van der Waals surface area (Å²) in [6, 6.07) is 11.3. The Labute approximate surface area is 272 Å². The summed E-state index contributed by atoms with van der Waals surface area (Å²) in [5.74, 6) is -4.54. The molecule has 0 fully saturated rings. The van der Waals surface area contributed by atoms with Gasteiger partial charge in [0, 0.05) is 18.0 Å². The van der Waals surface area contributed by atoms with E-state index >= 15 is 0 Å². The third-order valence-corrected chi connectivity index (χ3v) is 6.94. The van der Waals surface area contributed by atoms with Crippen molar-refractivity contribution in [3.8, 4) is 5.75 Å². The number of rotatable bonds is 12. The van der Waals surface area contributed by atoms with Crippen LogP contribution in [0.25, 0.3) is 0 Å². The molecule has 2 atom stereocenters. The normalized spacial score (nSPS) is 13.3. The molecule has 0 spiro atoms. The van der Waals surface area contributed by atoms with Crippen LogP contribution >= 0.6 is 0 Å². The average Bonchev–Trinajstić information content (AvgIpc) is 2.97. The molecule has 2 amide bonds. The van der Waals surface area contributed by atoms with E-state index < -0.39 is 70.6 Å². The van der Waals surface area contributed by atoms with Crippen LogP contribution in [0, 0.1) is 5.82 Å². The SMILES string of the molecule is CCCC(c1ccc(C(=O)NCCC(=O)OC(C)(C)C)cc1)C(NC(=O)c1ccc(C(F)(F)F)cc1F)c1ccc(OC(F)(F)F)cc1. The van der Waals surface area contributed by atoms with Crippen LogP contribution in [0.3, 0.4) is 0 Å². The molecule has 2 N–H and O–H groups in total. The smallest absolute Gasteiger partial charge is 0.460 e.